The van der Waals surface area contributed by atoms with Gasteiger partial charge in [0.1, 0.15) is 5.75 Å². The van der Waals surface area contributed by atoms with Crippen molar-refractivity contribution >= 4 is 46.2 Å². The Morgan fingerprint density at radius 3 is 2.47 bits per heavy atom. The van der Waals surface area contributed by atoms with Gasteiger partial charge in [-0.15, -0.1) is 6.58 Å². The second kappa shape index (κ2) is 11.5. The summed E-state index contributed by atoms with van der Waals surface area (Å²) >= 11 is 7.46. The van der Waals surface area contributed by atoms with E-state index in [2.05, 4.69) is 6.58 Å². The van der Waals surface area contributed by atoms with E-state index in [9.17, 15) is 4.79 Å². The first kappa shape index (κ1) is 25.6. The van der Waals surface area contributed by atoms with Gasteiger partial charge in [0.2, 0.25) is 0 Å². The fraction of sp³-hybridized carbons (Fsp3) is 0.100. The molecule has 6 nitrogen and oxygen atoms in total. The second-order valence-electron chi connectivity index (χ2n) is 8.36. The molecule has 0 atom stereocenters. The molecule has 1 fully saturated rings. The summed E-state index contributed by atoms with van der Waals surface area (Å²) in [5.74, 6) is 0.648. The number of benzene rings is 3. The molecule has 4 aromatic rings. The van der Waals surface area contributed by atoms with Crippen LogP contribution in [-0.4, -0.2) is 38.9 Å². The lowest BCUT2D eigenvalue weighted by Gasteiger charge is -2.12. The van der Waals surface area contributed by atoms with Gasteiger partial charge in [-0.3, -0.25) is 9.69 Å². The summed E-state index contributed by atoms with van der Waals surface area (Å²) in [5.41, 5.74) is 4.12. The Morgan fingerprint density at radius 2 is 1.79 bits per heavy atom. The number of hydrogen-bond acceptors (Lipinski definition) is 5. The average molecular weight is 541 g/mol. The zero-order valence-electron chi connectivity index (χ0n) is 20.8. The number of ether oxygens (including phenoxy) is 1. The summed E-state index contributed by atoms with van der Waals surface area (Å²) in [4.78, 5) is 20.4. The zero-order chi connectivity index (χ0) is 26.5. The summed E-state index contributed by atoms with van der Waals surface area (Å²) in [6.07, 6.45) is 5.50. The van der Waals surface area contributed by atoms with Crippen LogP contribution in [0.3, 0.4) is 0 Å². The Bertz CT molecular complexity index is 1510. The average Bonchev–Trinajstić information content (AvgIpc) is 3.48. The van der Waals surface area contributed by atoms with Crippen molar-refractivity contribution in [1.29, 1.82) is 0 Å². The molecule has 0 N–H and O–H groups in total. The molecule has 0 radical (unpaired) electrons. The molecule has 0 saturated carbocycles. The second-order valence-corrected chi connectivity index (χ2v) is 9.80. The van der Waals surface area contributed by atoms with E-state index in [1.54, 1.807) is 11.0 Å². The van der Waals surface area contributed by atoms with Crippen LogP contribution in [0.25, 0.3) is 23.0 Å². The number of hydrogen-bond donors (Lipinski definition) is 0. The predicted octanol–water partition coefficient (Wildman–Crippen LogP) is 7.38. The monoisotopic (exact) mass is 540 g/mol. The highest BCUT2D eigenvalue weighted by Crippen LogP contribution is 2.36. The van der Waals surface area contributed by atoms with E-state index in [4.69, 9.17) is 26.4 Å². The number of rotatable bonds is 8. The molecule has 1 saturated heterocycles. The van der Waals surface area contributed by atoms with Crippen LogP contribution in [0.5, 0.6) is 5.75 Å². The quantitative estimate of drug-likeness (QED) is 0.173. The van der Waals surface area contributed by atoms with Crippen LogP contribution in [-0.2, 0) is 4.79 Å². The highest BCUT2D eigenvalue weighted by atomic mass is 35.5. The standard InChI is InChI=1S/C30H25ClN4O2S/c1-3-18-34-29(36)27(38-30(34)32-24-14-16-26(17-15-24)37-4-2)19-22-20-35(25-8-6-5-7-9-25)33-28(22)21-10-12-23(31)13-11-21/h3,5-17,19-20H,1,4,18H2,2H3. The molecule has 2 heterocycles. The topological polar surface area (TPSA) is 59.7 Å². The van der Waals surface area contributed by atoms with Crippen molar-refractivity contribution < 1.29 is 9.53 Å². The molecule has 38 heavy (non-hydrogen) atoms. The third-order valence-electron chi connectivity index (χ3n) is 5.74. The van der Waals surface area contributed by atoms with E-state index in [1.807, 2.05) is 103 Å². The number of aliphatic imine (C=N–C) groups is 1. The summed E-state index contributed by atoms with van der Waals surface area (Å²) < 4.78 is 7.34. The molecule has 1 aliphatic rings. The van der Waals surface area contributed by atoms with Gasteiger partial charge in [-0.2, -0.15) is 5.10 Å². The van der Waals surface area contributed by atoms with Gasteiger partial charge in [0, 0.05) is 28.9 Å². The van der Waals surface area contributed by atoms with Crippen molar-refractivity contribution in [2.75, 3.05) is 13.2 Å². The Kier molecular flexibility index (Phi) is 7.77. The largest absolute Gasteiger partial charge is 0.494 e. The van der Waals surface area contributed by atoms with Crippen molar-refractivity contribution in [3.63, 3.8) is 0 Å². The maximum atomic E-state index is 13.5. The van der Waals surface area contributed by atoms with Crippen molar-refractivity contribution in [2.45, 2.75) is 6.92 Å². The molecule has 0 bridgehead atoms. The van der Waals surface area contributed by atoms with Gasteiger partial charge in [-0.1, -0.05) is 48.0 Å². The van der Waals surface area contributed by atoms with E-state index in [0.29, 0.717) is 28.2 Å². The lowest BCUT2D eigenvalue weighted by molar-refractivity contribution is -0.121. The van der Waals surface area contributed by atoms with Crippen LogP contribution in [0.1, 0.15) is 12.5 Å². The van der Waals surface area contributed by atoms with Crippen molar-refractivity contribution in [2.24, 2.45) is 4.99 Å². The Labute approximate surface area is 230 Å². The highest BCUT2D eigenvalue weighted by Gasteiger charge is 2.33. The minimum Gasteiger partial charge on any atom is -0.494 e. The smallest absolute Gasteiger partial charge is 0.267 e. The summed E-state index contributed by atoms with van der Waals surface area (Å²) in [6.45, 7) is 6.71. The number of thioether (sulfide) groups is 1. The molecule has 0 spiro atoms. The van der Waals surface area contributed by atoms with Crippen molar-refractivity contribution in [3.8, 4) is 22.7 Å². The number of halogens is 1. The van der Waals surface area contributed by atoms with Crippen LogP contribution in [0.2, 0.25) is 5.02 Å². The molecule has 0 unspecified atom stereocenters. The van der Waals surface area contributed by atoms with Crippen molar-refractivity contribution in [3.05, 3.63) is 113 Å². The first-order valence-electron chi connectivity index (χ1n) is 12.1. The number of carbonyl (C=O) groups excluding carboxylic acids is 1. The van der Waals surface area contributed by atoms with Gasteiger partial charge >= 0.3 is 0 Å². The molecule has 5 rings (SSSR count). The third-order valence-corrected chi connectivity index (χ3v) is 7.00. The van der Waals surface area contributed by atoms with Crippen LogP contribution in [0.15, 0.2) is 108 Å². The lowest BCUT2D eigenvalue weighted by atomic mass is 10.1. The Hall–Kier alpha value is -4.07. The molecule has 8 heteroatoms. The van der Waals surface area contributed by atoms with Gasteiger partial charge in [-0.25, -0.2) is 9.67 Å². The van der Waals surface area contributed by atoms with Crippen LogP contribution < -0.4 is 4.74 Å². The number of para-hydroxylation sites is 1. The number of nitrogens with zero attached hydrogens (tertiary/aromatic N) is 4. The number of aromatic nitrogens is 2. The van der Waals surface area contributed by atoms with Gasteiger partial charge in [0.15, 0.2) is 5.17 Å². The van der Waals surface area contributed by atoms with Gasteiger partial charge < -0.3 is 4.74 Å². The minimum atomic E-state index is -0.130. The highest BCUT2D eigenvalue weighted by molar-refractivity contribution is 8.18. The fourth-order valence-electron chi connectivity index (χ4n) is 3.95. The SMILES string of the molecule is C=CCN1C(=O)C(=Cc2cn(-c3ccccc3)nc2-c2ccc(Cl)cc2)SC1=Nc1ccc(OCC)cc1. The normalized spacial score (nSPS) is 15.4. The molecule has 1 aliphatic heterocycles. The predicted molar refractivity (Wildman–Crippen MR) is 156 cm³/mol. The van der Waals surface area contributed by atoms with Gasteiger partial charge in [0.05, 0.1) is 28.6 Å². The van der Waals surface area contributed by atoms with Gasteiger partial charge in [0.25, 0.3) is 5.91 Å². The van der Waals surface area contributed by atoms with E-state index < -0.39 is 0 Å². The number of amidine groups is 1. The first-order chi connectivity index (χ1) is 18.6. The van der Waals surface area contributed by atoms with Crippen LogP contribution >= 0.6 is 23.4 Å². The molecule has 3 aromatic carbocycles. The minimum absolute atomic E-state index is 0.130. The number of amides is 1. The maximum absolute atomic E-state index is 13.5. The fourth-order valence-corrected chi connectivity index (χ4v) is 5.08. The summed E-state index contributed by atoms with van der Waals surface area (Å²) in [6, 6.07) is 24.9. The first-order valence-corrected chi connectivity index (χ1v) is 13.3. The zero-order valence-corrected chi connectivity index (χ0v) is 22.3. The Morgan fingerprint density at radius 1 is 1.05 bits per heavy atom. The molecular weight excluding hydrogens is 516 g/mol. The van der Waals surface area contributed by atoms with E-state index in [-0.39, 0.29) is 5.91 Å². The van der Waals surface area contributed by atoms with Crippen molar-refractivity contribution in [1.82, 2.24) is 14.7 Å². The third kappa shape index (κ3) is 5.59. The Balaban J connectivity index is 1.54. The maximum Gasteiger partial charge on any atom is 0.267 e. The molecule has 0 aliphatic carbocycles. The summed E-state index contributed by atoms with van der Waals surface area (Å²) in [5, 5.41) is 6.09. The van der Waals surface area contributed by atoms with E-state index in [1.165, 1.54) is 11.8 Å². The molecule has 1 aromatic heterocycles. The van der Waals surface area contributed by atoms with E-state index >= 15 is 0 Å². The lowest BCUT2D eigenvalue weighted by Crippen LogP contribution is -2.29. The molecule has 190 valence electrons. The molecular formula is C30H25ClN4O2S. The summed E-state index contributed by atoms with van der Waals surface area (Å²) in [7, 11) is 0. The molecule has 1 amide bonds. The van der Waals surface area contributed by atoms with Crippen LogP contribution in [0, 0.1) is 0 Å². The van der Waals surface area contributed by atoms with Crippen LogP contribution in [0.4, 0.5) is 5.69 Å². The van der Waals surface area contributed by atoms with E-state index in [0.717, 1.165) is 33.9 Å². The number of carbonyl (C=O) groups is 1. The van der Waals surface area contributed by atoms with Gasteiger partial charge in [-0.05, 0) is 73.3 Å².